The molecule has 1 saturated heterocycles. The number of nitrogens with one attached hydrogen (secondary N) is 1. The van der Waals surface area contributed by atoms with E-state index in [1.165, 1.54) is 18.0 Å². The van der Waals surface area contributed by atoms with E-state index in [9.17, 15) is 25.5 Å². The number of fused-ring (bicyclic) bond motifs is 1. The number of hydrogen-bond acceptors (Lipinski definition) is 11. The number of aliphatic hydroxyl groups is 5. The van der Waals surface area contributed by atoms with Crippen LogP contribution in [0.3, 0.4) is 0 Å². The number of nitrogens with zero attached hydrogens (tertiary/aromatic N) is 4. The largest absolute Gasteiger partial charge is 0.393 e. The quantitative estimate of drug-likeness (QED) is 0.228. The highest BCUT2D eigenvalue weighted by Crippen LogP contribution is 2.38. The highest BCUT2D eigenvalue weighted by atomic mass is 16.6. The van der Waals surface area contributed by atoms with Gasteiger partial charge in [0, 0.05) is 6.42 Å². The number of aromatic nitrogens is 4. The Hall–Kier alpha value is -2.37. The minimum absolute atomic E-state index is 0.100. The van der Waals surface area contributed by atoms with Crippen LogP contribution in [0.1, 0.15) is 25.4 Å². The molecule has 3 rings (SSSR count). The van der Waals surface area contributed by atoms with Gasteiger partial charge in [-0.05, 0) is 12.8 Å². The second-order valence-corrected chi connectivity index (χ2v) is 6.71. The van der Waals surface area contributed by atoms with Crippen LogP contribution in [0.2, 0.25) is 0 Å². The summed E-state index contributed by atoms with van der Waals surface area (Å²) in [5.74, 6) is 5.79. The minimum Gasteiger partial charge on any atom is -0.393 e. The van der Waals surface area contributed by atoms with Crippen LogP contribution in [0, 0.1) is 11.8 Å². The van der Waals surface area contributed by atoms with E-state index in [-0.39, 0.29) is 29.2 Å². The SMILES string of the molecule is CONc1nc(C#CCC(C)O)nc2c1ncn2[C@@H]1OC(CO)(CO)[C@@H](O)[C@H]1O. The van der Waals surface area contributed by atoms with Gasteiger partial charge in [0.2, 0.25) is 5.82 Å². The molecule has 0 bridgehead atoms. The molecule has 2 aromatic rings. The van der Waals surface area contributed by atoms with E-state index >= 15 is 0 Å². The lowest BCUT2D eigenvalue weighted by Crippen LogP contribution is -2.49. The molecule has 2 aromatic heterocycles. The van der Waals surface area contributed by atoms with Crippen LogP contribution >= 0.6 is 0 Å². The first-order chi connectivity index (χ1) is 13.9. The molecule has 1 aliphatic rings. The molecule has 6 N–H and O–H groups in total. The smallest absolute Gasteiger partial charge is 0.209 e. The van der Waals surface area contributed by atoms with Gasteiger partial charge in [0.25, 0.3) is 0 Å². The highest BCUT2D eigenvalue weighted by molar-refractivity contribution is 5.83. The monoisotopic (exact) mass is 409 g/mol. The first-order valence-corrected chi connectivity index (χ1v) is 8.83. The zero-order chi connectivity index (χ0) is 21.2. The van der Waals surface area contributed by atoms with Crippen molar-refractivity contribution < 1.29 is 35.1 Å². The summed E-state index contributed by atoms with van der Waals surface area (Å²) in [5.41, 5.74) is 1.33. The van der Waals surface area contributed by atoms with Crippen molar-refractivity contribution in [3.05, 3.63) is 12.2 Å². The zero-order valence-corrected chi connectivity index (χ0v) is 15.8. The molecule has 0 amide bonds. The first-order valence-electron chi connectivity index (χ1n) is 8.83. The van der Waals surface area contributed by atoms with E-state index in [0.29, 0.717) is 0 Å². The predicted molar refractivity (Wildman–Crippen MR) is 98.2 cm³/mol. The van der Waals surface area contributed by atoms with Crippen molar-refractivity contribution in [3.8, 4) is 11.8 Å². The lowest BCUT2D eigenvalue weighted by Gasteiger charge is -2.27. The molecule has 0 saturated carbocycles. The molecule has 0 aliphatic carbocycles. The number of imidazole rings is 1. The number of hydrogen-bond donors (Lipinski definition) is 6. The Morgan fingerprint density at radius 2 is 2.07 bits per heavy atom. The third-order valence-electron chi connectivity index (χ3n) is 4.54. The fourth-order valence-electron chi connectivity index (χ4n) is 2.98. The van der Waals surface area contributed by atoms with Crippen molar-refractivity contribution in [1.82, 2.24) is 19.5 Å². The van der Waals surface area contributed by atoms with E-state index in [1.54, 1.807) is 6.92 Å². The molecule has 1 fully saturated rings. The minimum atomic E-state index is -1.73. The summed E-state index contributed by atoms with van der Waals surface area (Å²) >= 11 is 0. The van der Waals surface area contributed by atoms with Crippen LogP contribution < -0.4 is 5.48 Å². The third-order valence-corrected chi connectivity index (χ3v) is 4.54. The number of aliphatic hydroxyl groups excluding tert-OH is 5. The number of rotatable bonds is 6. The second-order valence-electron chi connectivity index (χ2n) is 6.71. The van der Waals surface area contributed by atoms with Gasteiger partial charge in [-0.1, -0.05) is 5.92 Å². The maximum absolute atomic E-state index is 10.4. The van der Waals surface area contributed by atoms with Crippen molar-refractivity contribution in [2.45, 2.75) is 43.5 Å². The van der Waals surface area contributed by atoms with Gasteiger partial charge in [0.15, 0.2) is 23.2 Å². The average molecular weight is 409 g/mol. The van der Waals surface area contributed by atoms with E-state index < -0.39 is 43.4 Å². The molecule has 4 atom stereocenters. The molecular formula is C17H23N5O7. The molecule has 3 heterocycles. The summed E-state index contributed by atoms with van der Waals surface area (Å²) in [6.07, 6.45) is -3.26. The molecule has 12 nitrogen and oxygen atoms in total. The van der Waals surface area contributed by atoms with E-state index in [2.05, 4.69) is 32.3 Å². The summed E-state index contributed by atoms with van der Waals surface area (Å²) in [6.45, 7) is 0.198. The summed E-state index contributed by atoms with van der Waals surface area (Å²) < 4.78 is 6.96. The Bertz CT molecular complexity index is 918. The van der Waals surface area contributed by atoms with E-state index in [1.807, 2.05) is 0 Å². The lowest BCUT2D eigenvalue weighted by atomic mass is 9.97. The highest BCUT2D eigenvalue weighted by Gasteiger charge is 2.54. The topological polar surface area (TPSA) is 175 Å². The van der Waals surface area contributed by atoms with Crippen molar-refractivity contribution in [3.63, 3.8) is 0 Å². The Morgan fingerprint density at radius 3 is 2.66 bits per heavy atom. The van der Waals surface area contributed by atoms with Crippen LogP contribution in [-0.2, 0) is 9.57 Å². The van der Waals surface area contributed by atoms with Gasteiger partial charge in [0.1, 0.15) is 17.8 Å². The molecular weight excluding hydrogens is 386 g/mol. The molecule has 1 aliphatic heterocycles. The molecule has 158 valence electrons. The van der Waals surface area contributed by atoms with E-state index in [0.717, 1.165) is 0 Å². The number of ether oxygens (including phenoxy) is 1. The van der Waals surface area contributed by atoms with Crippen LogP contribution in [0.4, 0.5) is 5.82 Å². The summed E-state index contributed by atoms with van der Waals surface area (Å²) in [5, 5.41) is 49.2. The number of anilines is 1. The van der Waals surface area contributed by atoms with Crippen molar-refractivity contribution >= 4 is 17.0 Å². The first kappa shape index (κ1) is 21.3. The summed E-state index contributed by atoms with van der Waals surface area (Å²) in [6, 6.07) is 0. The van der Waals surface area contributed by atoms with Gasteiger partial charge in [-0.2, -0.15) is 4.98 Å². The molecule has 29 heavy (non-hydrogen) atoms. The van der Waals surface area contributed by atoms with Gasteiger partial charge in [0.05, 0.1) is 32.8 Å². The molecule has 12 heteroatoms. The fourth-order valence-corrected chi connectivity index (χ4v) is 2.98. The van der Waals surface area contributed by atoms with Crippen LogP contribution in [0.25, 0.3) is 11.2 Å². The van der Waals surface area contributed by atoms with Gasteiger partial charge in [-0.3, -0.25) is 9.40 Å². The molecule has 1 unspecified atom stereocenters. The maximum Gasteiger partial charge on any atom is 0.209 e. The van der Waals surface area contributed by atoms with Gasteiger partial charge >= 0.3 is 0 Å². The van der Waals surface area contributed by atoms with Crippen molar-refractivity contribution in [2.24, 2.45) is 0 Å². The second kappa shape index (κ2) is 8.56. The van der Waals surface area contributed by atoms with Crippen LogP contribution in [0.5, 0.6) is 0 Å². The lowest BCUT2D eigenvalue weighted by molar-refractivity contribution is -0.149. The maximum atomic E-state index is 10.4. The summed E-state index contributed by atoms with van der Waals surface area (Å²) in [4.78, 5) is 17.6. The third kappa shape index (κ3) is 3.89. The van der Waals surface area contributed by atoms with Gasteiger partial charge in [-0.15, -0.1) is 0 Å². The van der Waals surface area contributed by atoms with Gasteiger partial charge < -0.3 is 30.3 Å². The fraction of sp³-hybridized carbons (Fsp3) is 0.588. The predicted octanol–water partition coefficient (Wildman–Crippen LogP) is -2.10. The van der Waals surface area contributed by atoms with Crippen LogP contribution in [-0.4, -0.2) is 89.3 Å². The van der Waals surface area contributed by atoms with Gasteiger partial charge in [-0.25, -0.2) is 15.4 Å². The molecule has 0 spiro atoms. The normalized spacial score (nSPS) is 24.3. The zero-order valence-electron chi connectivity index (χ0n) is 15.8. The van der Waals surface area contributed by atoms with Crippen molar-refractivity contribution in [1.29, 1.82) is 0 Å². The summed E-state index contributed by atoms with van der Waals surface area (Å²) in [7, 11) is 1.39. The van der Waals surface area contributed by atoms with Crippen LogP contribution in [0.15, 0.2) is 6.33 Å². The van der Waals surface area contributed by atoms with E-state index in [4.69, 9.17) is 9.57 Å². The average Bonchev–Trinajstić information content (AvgIpc) is 3.22. The Balaban J connectivity index is 2.07. The standard InChI is InChI=1S/C17H23N5O7/c1-9(25)4-3-5-10-19-14(21-28-2)11-15(20-10)22(8-18-11)16-12(26)13(27)17(6-23,7-24)29-16/h8-9,12-13,16,23-27H,4,6-7H2,1-2H3,(H,19,20,21)/t9?,12-,13+,16-/m1/s1. The molecule has 0 aromatic carbocycles. The Morgan fingerprint density at radius 1 is 1.34 bits per heavy atom. The Kier molecular flexibility index (Phi) is 6.30. The van der Waals surface area contributed by atoms with Crippen molar-refractivity contribution in [2.75, 3.05) is 25.8 Å². The Labute approximate surface area is 165 Å². The molecule has 0 radical (unpaired) electrons.